The van der Waals surface area contributed by atoms with Crippen LogP contribution in [0.1, 0.15) is 11.5 Å². The molecular formula is C17H18N8O. The Bertz CT molecular complexity index is 994. The number of methoxy groups -OCH3 is 1. The van der Waals surface area contributed by atoms with Crippen molar-refractivity contribution in [3.63, 3.8) is 0 Å². The number of fused-ring (bicyclic) bond motifs is 1. The fourth-order valence-electron chi connectivity index (χ4n) is 2.65. The molecule has 0 unspecified atom stereocenters. The molecule has 9 heteroatoms. The lowest BCUT2D eigenvalue weighted by Crippen LogP contribution is -2.11. The van der Waals surface area contributed by atoms with E-state index in [9.17, 15) is 0 Å². The van der Waals surface area contributed by atoms with Gasteiger partial charge in [0.15, 0.2) is 11.5 Å². The summed E-state index contributed by atoms with van der Waals surface area (Å²) in [4.78, 5) is 13.1. The molecule has 4 heterocycles. The van der Waals surface area contributed by atoms with Crippen LogP contribution in [0, 0.1) is 0 Å². The number of ether oxygens (including phenoxy) is 1. The van der Waals surface area contributed by atoms with E-state index in [0.717, 1.165) is 28.5 Å². The Morgan fingerprint density at radius 3 is 3.04 bits per heavy atom. The Balaban J connectivity index is 1.44. The van der Waals surface area contributed by atoms with Gasteiger partial charge in [0, 0.05) is 50.2 Å². The van der Waals surface area contributed by atoms with Crippen molar-refractivity contribution in [2.24, 2.45) is 0 Å². The first kappa shape index (κ1) is 16.2. The SMILES string of the molecule is COCc1cc(NCCc2nc(-c3cccnc3)n[nH]2)n2nccc2n1. The molecule has 0 saturated carbocycles. The van der Waals surface area contributed by atoms with Gasteiger partial charge in [-0.15, -0.1) is 0 Å². The largest absolute Gasteiger partial charge is 0.378 e. The van der Waals surface area contributed by atoms with Crippen molar-refractivity contribution >= 4 is 11.5 Å². The van der Waals surface area contributed by atoms with Gasteiger partial charge in [0.1, 0.15) is 11.6 Å². The molecule has 4 aromatic heterocycles. The van der Waals surface area contributed by atoms with Gasteiger partial charge in [-0.25, -0.2) is 9.97 Å². The number of pyridine rings is 1. The minimum atomic E-state index is 0.451. The topological polar surface area (TPSA) is 106 Å². The summed E-state index contributed by atoms with van der Waals surface area (Å²) in [5, 5.41) is 14.9. The summed E-state index contributed by atoms with van der Waals surface area (Å²) in [7, 11) is 1.65. The molecule has 0 atom stereocenters. The lowest BCUT2D eigenvalue weighted by molar-refractivity contribution is 0.181. The maximum absolute atomic E-state index is 5.18. The van der Waals surface area contributed by atoms with Gasteiger partial charge in [0.05, 0.1) is 18.5 Å². The standard InChI is InChI=1S/C17H18N8O/c1-26-11-13-9-16(25-15(21-13)5-8-20-25)19-7-4-14-22-17(24-23-14)12-3-2-6-18-10-12/h2-3,5-6,8-10,19H,4,7,11H2,1H3,(H,22,23,24). The van der Waals surface area contributed by atoms with Crippen molar-refractivity contribution in [3.8, 4) is 11.4 Å². The first-order chi connectivity index (χ1) is 12.8. The van der Waals surface area contributed by atoms with Crippen LogP contribution < -0.4 is 5.32 Å². The van der Waals surface area contributed by atoms with E-state index in [1.807, 2.05) is 24.3 Å². The quantitative estimate of drug-likeness (QED) is 0.522. The van der Waals surface area contributed by atoms with Crippen LogP contribution in [-0.2, 0) is 17.8 Å². The monoisotopic (exact) mass is 350 g/mol. The second kappa shape index (κ2) is 7.28. The fraction of sp³-hybridized carbons (Fsp3) is 0.235. The van der Waals surface area contributed by atoms with E-state index in [1.54, 1.807) is 30.2 Å². The van der Waals surface area contributed by atoms with Crippen LogP contribution in [0.25, 0.3) is 17.0 Å². The Kier molecular flexibility index (Phi) is 4.52. The van der Waals surface area contributed by atoms with Crippen LogP contribution in [-0.4, -0.2) is 48.4 Å². The van der Waals surface area contributed by atoms with Crippen molar-refractivity contribution in [1.82, 2.24) is 34.8 Å². The number of nitrogens with one attached hydrogen (secondary N) is 2. The third kappa shape index (κ3) is 3.38. The van der Waals surface area contributed by atoms with Gasteiger partial charge >= 0.3 is 0 Å². The maximum Gasteiger partial charge on any atom is 0.182 e. The zero-order chi connectivity index (χ0) is 17.8. The lowest BCUT2D eigenvalue weighted by Gasteiger charge is -2.09. The summed E-state index contributed by atoms with van der Waals surface area (Å²) >= 11 is 0. The van der Waals surface area contributed by atoms with Crippen LogP contribution in [0.2, 0.25) is 0 Å². The van der Waals surface area contributed by atoms with E-state index in [-0.39, 0.29) is 0 Å². The van der Waals surface area contributed by atoms with Gasteiger partial charge in [-0.1, -0.05) is 0 Å². The summed E-state index contributed by atoms with van der Waals surface area (Å²) in [6, 6.07) is 7.59. The fourth-order valence-corrected chi connectivity index (χ4v) is 2.65. The molecule has 0 aliphatic carbocycles. The predicted octanol–water partition coefficient (Wildman–Crippen LogP) is 1.71. The molecule has 0 aromatic carbocycles. The molecule has 0 radical (unpaired) electrons. The highest BCUT2D eigenvalue weighted by atomic mass is 16.5. The van der Waals surface area contributed by atoms with Gasteiger partial charge in [0.2, 0.25) is 0 Å². The molecular weight excluding hydrogens is 332 g/mol. The summed E-state index contributed by atoms with van der Waals surface area (Å²) in [5.41, 5.74) is 2.52. The molecule has 4 aromatic rings. The first-order valence-electron chi connectivity index (χ1n) is 8.21. The van der Waals surface area contributed by atoms with Crippen molar-refractivity contribution in [2.75, 3.05) is 19.0 Å². The zero-order valence-electron chi connectivity index (χ0n) is 14.3. The highest BCUT2D eigenvalue weighted by molar-refractivity contribution is 5.52. The number of aromatic nitrogens is 7. The van der Waals surface area contributed by atoms with Crippen LogP contribution in [0.4, 0.5) is 5.82 Å². The number of hydrogen-bond donors (Lipinski definition) is 2. The molecule has 0 aliphatic rings. The number of nitrogens with zero attached hydrogens (tertiary/aromatic N) is 6. The molecule has 0 spiro atoms. The number of hydrogen-bond acceptors (Lipinski definition) is 7. The van der Waals surface area contributed by atoms with Gasteiger partial charge in [0.25, 0.3) is 0 Å². The van der Waals surface area contributed by atoms with Gasteiger partial charge in [-0.3, -0.25) is 10.1 Å². The highest BCUT2D eigenvalue weighted by Crippen LogP contribution is 2.14. The Morgan fingerprint density at radius 1 is 1.23 bits per heavy atom. The molecule has 2 N–H and O–H groups in total. The maximum atomic E-state index is 5.18. The number of aromatic amines is 1. The normalized spacial score (nSPS) is 11.1. The minimum Gasteiger partial charge on any atom is -0.378 e. The predicted molar refractivity (Wildman–Crippen MR) is 95.5 cm³/mol. The van der Waals surface area contributed by atoms with Gasteiger partial charge in [-0.05, 0) is 12.1 Å². The Labute approximate surface area is 149 Å². The number of anilines is 1. The molecule has 0 fully saturated rings. The first-order valence-corrected chi connectivity index (χ1v) is 8.21. The van der Waals surface area contributed by atoms with E-state index >= 15 is 0 Å². The minimum absolute atomic E-state index is 0.451. The molecule has 0 aliphatic heterocycles. The number of H-pyrrole nitrogens is 1. The summed E-state index contributed by atoms with van der Waals surface area (Å²) in [6.45, 7) is 1.13. The van der Waals surface area contributed by atoms with Gasteiger partial charge in [-0.2, -0.15) is 14.7 Å². The van der Waals surface area contributed by atoms with Crippen molar-refractivity contribution in [1.29, 1.82) is 0 Å². The Morgan fingerprint density at radius 2 is 2.19 bits per heavy atom. The smallest absolute Gasteiger partial charge is 0.182 e. The van der Waals surface area contributed by atoms with E-state index in [0.29, 0.717) is 25.4 Å². The molecule has 0 bridgehead atoms. The van der Waals surface area contributed by atoms with Crippen molar-refractivity contribution < 1.29 is 4.74 Å². The average molecular weight is 350 g/mol. The van der Waals surface area contributed by atoms with E-state index in [1.165, 1.54) is 0 Å². The second-order valence-corrected chi connectivity index (χ2v) is 5.69. The second-order valence-electron chi connectivity index (χ2n) is 5.69. The highest BCUT2D eigenvalue weighted by Gasteiger charge is 2.08. The molecule has 0 saturated heterocycles. The van der Waals surface area contributed by atoms with Gasteiger partial charge < -0.3 is 10.1 Å². The van der Waals surface area contributed by atoms with E-state index in [4.69, 9.17) is 4.74 Å². The zero-order valence-corrected chi connectivity index (χ0v) is 14.3. The van der Waals surface area contributed by atoms with E-state index < -0.39 is 0 Å². The lowest BCUT2D eigenvalue weighted by atomic mass is 10.3. The number of rotatable bonds is 7. The Hall–Kier alpha value is -3.33. The van der Waals surface area contributed by atoms with Crippen LogP contribution in [0.5, 0.6) is 0 Å². The molecule has 132 valence electrons. The third-order valence-electron chi connectivity index (χ3n) is 3.82. The molecule has 0 amide bonds. The van der Waals surface area contributed by atoms with Crippen LogP contribution in [0.3, 0.4) is 0 Å². The summed E-state index contributed by atoms with van der Waals surface area (Å²) < 4.78 is 6.94. The van der Waals surface area contributed by atoms with E-state index in [2.05, 4.69) is 35.6 Å². The summed E-state index contributed by atoms with van der Waals surface area (Å²) in [5.74, 6) is 2.31. The average Bonchev–Trinajstić information content (AvgIpc) is 3.32. The van der Waals surface area contributed by atoms with Crippen molar-refractivity contribution in [2.45, 2.75) is 13.0 Å². The molecule has 4 rings (SSSR count). The molecule has 26 heavy (non-hydrogen) atoms. The van der Waals surface area contributed by atoms with Crippen LogP contribution >= 0.6 is 0 Å². The summed E-state index contributed by atoms with van der Waals surface area (Å²) in [6.07, 6.45) is 5.89. The third-order valence-corrected chi connectivity index (χ3v) is 3.82. The van der Waals surface area contributed by atoms with Crippen LogP contribution in [0.15, 0.2) is 42.9 Å². The van der Waals surface area contributed by atoms with Crippen molar-refractivity contribution in [3.05, 3.63) is 54.4 Å². The molecule has 9 nitrogen and oxygen atoms in total.